The fraction of sp³-hybridized carbons (Fsp3) is 0.412. The van der Waals surface area contributed by atoms with Gasteiger partial charge in [0.1, 0.15) is 5.82 Å². The SMILES string of the molecule is O=C(O)NCCC1CCN(c2ccnc(Nc3ccncc3)n2)CC1. The first-order valence-corrected chi connectivity index (χ1v) is 8.42. The van der Waals surface area contributed by atoms with Crippen LogP contribution in [0.4, 0.5) is 22.2 Å². The summed E-state index contributed by atoms with van der Waals surface area (Å²) in [6.45, 7) is 2.36. The Hall–Kier alpha value is -2.90. The van der Waals surface area contributed by atoms with Gasteiger partial charge < -0.3 is 20.6 Å². The first-order valence-electron chi connectivity index (χ1n) is 8.42. The Morgan fingerprint density at radius 3 is 2.68 bits per heavy atom. The van der Waals surface area contributed by atoms with Gasteiger partial charge in [0.2, 0.25) is 5.95 Å². The number of anilines is 3. The summed E-state index contributed by atoms with van der Waals surface area (Å²) >= 11 is 0. The summed E-state index contributed by atoms with van der Waals surface area (Å²) < 4.78 is 0. The molecule has 8 heteroatoms. The molecular weight excluding hydrogens is 320 g/mol. The predicted molar refractivity (Wildman–Crippen MR) is 95.1 cm³/mol. The highest BCUT2D eigenvalue weighted by Gasteiger charge is 2.20. The maximum atomic E-state index is 10.5. The number of aromatic nitrogens is 3. The Morgan fingerprint density at radius 2 is 1.96 bits per heavy atom. The Bertz CT molecular complexity index is 689. The fourth-order valence-electron chi connectivity index (χ4n) is 2.98. The van der Waals surface area contributed by atoms with Crippen LogP contribution in [0.15, 0.2) is 36.8 Å². The van der Waals surface area contributed by atoms with Crippen molar-refractivity contribution in [2.24, 2.45) is 5.92 Å². The smallest absolute Gasteiger partial charge is 0.404 e. The van der Waals surface area contributed by atoms with Gasteiger partial charge in [-0.15, -0.1) is 0 Å². The molecule has 1 aliphatic heterocycles. The lowest BCUT2D eigenvalue weighted by molar-refractivity contribution is 0.193. The van der Waals surface area contributed by atoms with Gasteiger partial charge >= 0.3 is 6.09 Å². The molecule has 0 bridgehead atoms. The molecule has 0 radical (unpaired) electrons. The average molecular weight is 342 g/mol. The monoisotopic (exact) mass is 342 g/mol. The van der Waals surface area contributed by atoms with E-state index in [1.807, 2.05) is 18.2 Å². The van der Waals surface area contributed by atoms with Crippen LogP contribution < -0.4 is 15.5 Å². The van der Waals surface area contributed by atoms with Crippen LogP contribution in [0.25, 0.3) is 0 Å². The minimum atomic E-state index is -0.951. The zero-order chi connectivity index (χ0) is 17.5. The van der Waals surface area contributed by atoms with Gasteiger partial charge in [-0.2, -0.15) is 4.98 Å². The molecule has 0 aromatic carbocycles. The van der Waals surface area contributed by atoms with Crippen LogP contribution in [-0.2, 0) is 0 Å². The van der Waals surface area contributed by atoms with E-state index in [-0.39, 0.29) is 0 Å². The number of amides is 1. The van der Waals surface area contributed by atoms with E-state index in [0.29, 0.717) is 18.4 Å². The number of pyridine rings is 1. The lowest BCUT2D eigenvalue weighted by Gasteiger charge is -2.32. The quantitative estimate of drug-likeness (QED) is 0.741. The second-order valence-electron chi connectivity index (χ2n) is 6.05. The van der Waals surface area contributed by atoms with Crippen molar-refractivity contribution in [2.45, 2.75) is 19.3 Å². The molecule has 1 saturated heterocycles. The van der Waals surface area contributed by atoms with Crippen LogP contribution >= 0.6 is 0 Å². The summed E-state index contributed by atoms with van der Waals surface area (Å²) in [7, 11) is 0. The summed E-state index contributed by atoms with van der Waals surface area (Å²) in [6, 6.07) is 5.66. The molecule has 0 atom stereocenters. The molecule has 2 aromatic heterocycles. The van der Waals surface area contributed by atoms with Crippen molar-refractivity contribution in [1.82, 2.24) is 20.3 Å². The fourth-order valence-corrected chi connectivity index (χ4v) is 2.98. The molecule has 0 aliphatic carbocycles. The summed E-state index contributed by atoms with van der Waals surface area (Å²) in [5.41, 5.74) is 0.900. The topological polar surface area (TPSA) is 103 Å². The molecule has 0 unspecified atom stereocenters. The normalized spacial score (nSPS) is 15.0. The average Bonchev–Trinajstić information content (AvgIpc) is 2.63. The summed E-state index contributed by atoms with van der Waals surface area (Å²) in [6.07, 6.45) is 7.21. The van der Waals surface area contributed by atoms with Crippen LogP contribution in [0.1, 0.15) is 19.3 Å². The third-order valence-electron chi connectivity index (χ3n) is 4.34. The van der Waals surface area contributed by atoms with Gasteiger partial charge in [-0.1, -0.05) is 0 Å². The van der Waals surface area contributed by atoms with Crippen molar-refractivity contribution < 1.29 is 9.90 Å². The predicted octanol–water partition coefficient (Wildman–Crippen LogP) is 2.49. The van der Waals surface area contributed by atoms with Crippen LogP contribution in [-0.4, -0.2) is 45.8 Å². The molecule has 1 fully saturated rings. The zero-order valence-corrected chi connectivity index (χ0v) is 13.9. The Balaban J connectivity index is 1.53. The number of rotatable bonds is 6. The van der Waals surface area contributed by atoms with Crippen LogP contribution in [0.2, 0.25) is 0 Å². The molecule has 1 amide bonds. The van der Waals surface area contributed by atoms with E-state index in [9.17, 15) is 4.79 Å². The first-order chi connectivity index (χ1) is 12.2. The van der Waals surface area contributed by atoms with Crippen molar-refractivity contribution in [3.63, 3.8) is 0 Å². The van der Waals surface area contributed by atoms with E-state index in [2.05, 4.69) is 30.5 Å². The highest BCUT2D eigenvalue weighted by Crippen LogP contribution is 2.24. The number of nitrogens with zero attached hydrogens (tertiary/aromatic N) is 4. The van der Waals surface area contributed by atoms with Crippen LogP contribution in [0.5, 0.6) is 0 Å². The van der Waals surface area contributed by atoms with Gasteiger partial charge in [-0.25, -0.2) is 9.78 Å². The lowest BCUT2D eigenvalue weighted by atomic mass is 9.93. The lowest BCUT2D eigenvalue weighted by Crippen LogP contribution is -2.35. The number of hydrogen-bond acceptors (Lipinski definition) is 6. The van der Waals surface area contributed by atoms with E-state index in [1.54, 1.807) is 18.6 Å². The molecule has 3 N–H and O–H groups in total. The van der Waals surface area contributed by atoms with E-state index in [0.717, 1.165) is 43.9 Å². The molecular formula is C17H22N6O2. The van der Waals surface area contributed by atoms with Crippen molar-refractivity contribution in [3.05, 3.63) is 36.8 Å². The molecule has 0 spiro atoms. The van der Waals surface area contributed by atoms with Gasteiger partial charge in [0.25, 0.3) is 0 Å². The maximum Gasteiger partial charge on any atom is 0.404 e. The molecule has 3 heterocycles. The highest BCUT2D eigenvalue weighted by atomic mass is 16.4. The van der Waals surface area contributed by atoms with Crippen molar-refractivity contribution in [1.29, 1.82) is 0 Å². The van der Waals surface area contributed by atoms with E-state index >= 15 is 0 Å². The molecule has 1 aliphatic rings. The largest absolute Gasteiger partial charge is 0.465 e. The van der Waals surface area contributed by atoms with E-state index in [4.69, 9.17) is 5.11 Å². The van der Waals surface area contributed by atoms with Crippen molar-refractivity contribution >= 4 is 23.5 Å². The number of carboxylic acid groups (broad SMARTS) is 1. The highest BCUT2D eigenvalue weighted by molar-refractivity contribution is 5.64. The second-order valence-corrected chi connectivity index (χ2v) is 6.05. The van der Waals surface area contributed by atoms with Crippen molar-refractivity contribution in [2.75, 3.05) is 29.9 Å². The van der Waals surface area contributed by atoms with Gasteiger partial charge in [0, 0.05) is 43.9 Å². The number of carbonyl (C=O) groups is 1. The Kier molecular flexibility index (Phi) is 5.61. The van der Waals surface area contributed by atoms with Gasteiger partial charge in [-0.3, -0.25) is 4.98 Å². The minimum absolute atomic E-state index is 0.521. The number of hydrogen-bond donors (Lipinski definition) is 3. The second kappa shape index (κ2) is 8.27. The number of piperidine rings is 1. The van der Waals surface area contributed by atoms with Crippen LogP contribution in [0, 0.1) is 5.92 Å². The molecule has 0 saturated carbocycles. The summed E-state index contributed by atoms with van der Waals surface area (Å²) in [5.74, 6) is 2.03. The summed E-state index contributed by atoms with van der Waals surface area (Å²) in [5, 5.41) is 14.2. The first kappa shape index (κ1) is 16.9. The Morgan fingerprint density at radius 1 is 1.20 bits per heavy atom. The third-order valence-corrected chi connectivity index (χ3v) is 4.34. The molecule has 2 aromatic rings. The molecule has 8 nitrogen and oxygen atoms in total. The standard InChI is InChI=1S/C17H22N6O2/c24-17(25)20-9-1-13-5-11-23(12-6-13)15-4-10-19-16(22-15)21-14-2-7-18-8-3-14/h2-4,7-8,10,13,20H,1,5-6,9,11-12H2,(H,24,25)(H,18,19,21,22). The Labute approximate surface area is 146 Å². The van der Waals surface area contributed by atoms with E-state index in [1.165, 1.54) is 0 Å². The van der Waals surface area contributed by atoms with Crippen molar-refractivity contribution in [3.8, 4) is 0 Å². The molecule has 25 heavy (non-hydrogen) atoms. The molecule has 132 valence electrons. The van der Waals surface area contributed by atoms with Gasteiger partial charge in [0.15, 0.2) is 0 Å². The van der Waals surface area contributed by atoms with Gasteiger partial charge in [0.05, 0.1) is 0 Å². The third kappa shape index (κ3) is 5.03. The van der Waals surface area contributed by atoms with Crippen LogP contribution in [0.3, 0.4) is 0 Å². The zero-order valence-electron chi connectivity index (χ0n) is 13.9. The minimum Gasteiger partial charge on any atom is -0.465 e. The van der Waals surface area contributed by atoms with E-state index < -0.39 is 6.09 Å². The maximum absolute atomic E-state index is 10.5. The molecule has 3 rings (SSSR count). The summed E-state index contributed by atoms with van der Waals surface area (Å²) in [4.78, 5) is 25.6. The number of nitrogens with one attached hydrogen (secondary N) is 2. The van der Waals surface area contributed by atoms with Gasteiger partial charge in [-0.05, 0) is 43.4 Å².